The molecule has 1 atom stereocenters. The minimum atomic E-state index is -2.86. The first-order valence-electron chi connectivity index (χ1n) is 6.74. The fourth-order valence-electron chi connectivity index (χ4n) is 2.51. The Balaban J connectivity index is 2.67. The molecule has 0 unspecified atom stereocenters. The third-order valence-electron chi connectivity index (χ3n) is 3.27. The van der Waals surface area contributed by atoms with Crippen LogP contribution in [-0.2, 0) is 9.84 Å². The molecule has 1 aromatic rings. The molecule has 19 heavy (non-hydrogen) atoms. The molecule has 0 bridgehead atoms. The molecule has 0 aromatic heterocycles. The van der Waals surface area contributed by atoms with Crippen LogP contribution in [0, 0.1) is 5.92 Å². The first kappa shape index (κ1) is 16.2. The molecule has 0 spiro atoms. The van der Waals surface area contributed by atoms with Crippen LogP contribution in [0.25, 0.3) is 0 Å². The maximum absolute atomic E-state index is 11.2. The van der Waals surface area contributed by atoms with Gasteiger partial charge in [-0.2, -0.15) is 0 Å². The van der Waals surface area contributed by atoms with Crippen LogP contribution in [0.15, 0.2) is 30.3 Å². The van der Waals surface area contributed by atoms with Crippen molar-refractivity contribution in [1.29, 1.82) is 0 Å². The van der Waals surface area contributed by atoms with Crippen LogP contribution < -0.4 is 0 Å². The largest absolute Gasteiger partial charge is 0.299 e. The van der Waals surface area contributed by atoms with Gasteiger partial charge in [-0.1, -0.05) is 44.2 Å². The number of hydrogen-bond acceptors (Lipinski definition) is 3. The van der Waals surface area contributed by atoms with Crippen LogP contribution in [-0.4, -0.2) is 38.9 Å². The highest BCUT2D eigenvalue weighted by Crippen LogP contribution is 2.27. The quantitative estimate of drug-likeness (QED) is 0.772. The lowest BCUT2D eigenvalue weighted by atomic mass is 9.95. The highest BCUT2D eigenvalue weighted by Gasteiger charge is 2.20. The van der Waals surface area contributed by atoms with Crippen molar-refractivity contribution in [2.45, 2.75) is 26.3 Å². The Bertz CT molecular complexity index is 468. The van der Waals surface area contributed by atoms with E-state index in [1.165, 1.54) is 11.8 Å². The van der Waals surface area contributed by atoms with Gasteiger partial charge < -0.3 is 0 Å². The Morgan fingerprint density at radius 2 is 1.74 bits per heavy atom. The van der Waals surface area contributed by atoms with Crippen molar-refractivity contribution in [2.24, 2.45) is 5.92 Å². The molecule has 0 heterocycles. The molecule has 1 rings (SSSR count). The lowest BCUT2D eigenvalue weighted by Gasteiger charge is -2.31. The van der Waals surface area contributed by atoms with Crippen molar-refractivity contribution in [3.63, 3.8) is 0 Å². The minimum absolute atomic E-state index is 0.261. The highest BCUT2D eigenvalue weighted by atomic mass is 32.2. The minimum Gasteiger partial charge on any atom is -0.299 e. The normalized spacial score (nSPS) is 14.0. The van der Waals surface area contributed by atoms with E-state index in [2.05, 4.69) is 50.1 Å². The molecule has 0 N–H and O–H groups in total. The van der Waals surface area contributed by atoms with Gasteiger partial charge in [0.05, 0.1) is 5.75 Å². The van der Waals surface area contributed by atoms with E-state index in [1.807, 2.05) is 6.07 Å². The van der Waals surface area contributed by atoms with Crippen LogP contribution in [0.4, 0.5) is 0 Å². The van der Waals surface area contributed by atoms with E-state index in [4.69, 9.17) is 0 Å². The number of benzene rings is 1. The molecule has 0 aliphatic rings. The summed E-state index contributed by atoms with van der Waals surface area (Å²) in [5, 5.41) is 0. The fraction of sp³-hybridized carbons (Fsp3) is 0.600. The van der Waals surface area contributed by atoms with Gasteiger partial charge >= 0.3 is 0 Å². The molecule has 0 amide bonds. The average molecular weight is 283 g/mol. The second-order valence-corrected chi connectivity index (χ2v) is 7.82. The van der Waals surface area contributed by atoms with Crippen molar-refractivity contribution in [3.05, 3.63) is 35.9 Å². The molecule has 108 valence electrons. The molecule has 0 radical (unpaired) electrons. The van der Waals surface area contributed by atoms with E-state index >= 15 is 0 Å². The van der Waals surface area contributed by atoms with Crippen molar-refractivity contribution in [1.82, 2.24) is 4.90 Å². The molecule has 4 heteroatoms. The van der Waals surface area contributed by atoms with Gasteiger partial charge in [-0.25, -0.2) is 8.42 Å². The fourth-order valence-corrected chi connectivity index (χ4v) is 3.17. The predicted molar refractivity (Wildman–Crippen MR) is 81.0 cm³/mol. The molecule has 0 fully saturated rings. The summed E-state index contributed by atoms with van der Waals surface area (Å²) in [6.45, 7) is 5.19. The molecular formula is C15H25NO2S. The summed E-state index contributed by atoms with van der Waals surface area (Å²) in [5.41, 5.74) is 1.29. The van der Waals surface area contributed by atoms with Crippen molar-refractivity contribution >= 4 is 9.84 Å². The van der Waals surface area contributed by atoms with Gasteiger partial charge in [0.1, 0.15) is 9.84 Å². The third kappa shape index (κ3) is 5.74. The summed E-state index contributed by atoms with van der Waals surface area (Å²) in [7, 11) is -0.788. The Kier molecular flexibility index (Phi) is 6.01. The molecular weight excluding hydrogens is 258 g/mol. The average Bonchev–Trinajstić information content (AvgIpc) is 2.28. The van der Waals surface area contributed by atoms with Crippen LogP contribution in [0.2, 0.25) is 0 Å². The molecule has 1 aromatic carbocycles. The third-order valence-corrected chi connectivity index (χ3v) is 4.30. The molecule has 0 aliphatic carbocycles. The van der Waals surface area contributed by atoms with E-state index in [-0.39, 0.29) is 5.75 Å². The topological polar surface area (TPSA) is 37.4 Å². The van der Waals surface area contributed by atoms with Gasteiger partial charge in [0.25, 0.3) is 0 Å². The van der Waals surface area contributed by atoms with Crippen LogP contribution in [0.1, 0.15) is 31.9 Å². The summed E-state index contributed by atoms with van der Waals surface area (Å²) in [6.07, 6.45) is 1.98. The van der Waals surface area contributed by atoms with Crippen molar-refractivity contribution < 1.29 is 8.42 Å². The monoisotopic (exact) mass is 283 g/mol. The Labute approximate surface area is 117 Å². The van der Waals surface area contributed by atoms with E-state index in [0.717, 1.165) is 6.54 Å². The Morgan fingerprint density at radius 1 is 1.16 bits per heavy atom. The van der Waals surface area contributed by atoms with Crippen molar-refractivity contribution in [2.75, 3.05) is 25.6 Å². The summed E-state index contributed by atoms with van der Waals surface area (Å²) in [4.78, 5) is 2.26. The van der Waals surface area contributed by atoms with Crippen LogP contribution >= 0.6 is 0 Å². The number of hydrogen-bond donors (Lipinski definition) is 0. The zero-order valence-corrected chi connectivity index (χ0v) is 13.2. The number of rotatable bonds is 7. The van der Waals surface area contributed by atoms with Gasteiger partial charge in [-0.05, 0) is 31.5 Å². The molecule has 0 saturated heterocycles. The lowest BCUT2D eigenvalue weighted by Crippen LogP contribution is -2.30. The number of nitrogens with zero attached hydrogens (tertiary/aromatic N) is 1. The van der Waals surface area contributed by atoms with E-state index in [1.54, 1.807) is 0 Å². The maximum atomic E-state index is 11.2. The van der Waals surface area contributed by atoms with Gasteiger partial charge in [-0.3, -0.25) is 4.90 Å². The lowest BCUT2D eigenvalue weighted by molar-refractivity contribution is 0.194. The van der Waals surface area contributed by atoms with E-state index < -0.39 is 9.84 Å². The van der Waals surface area contributed by atoms with Crippen LogP contribution in [0.3, 0.4) is 0 Å². The summed E-state index contributed by atoms with van der Waals surface area (Å²) >= 11 is 0. The van der Waals surface area contributed by atoms with Gasteiger partial charge in [0.15, 0.2) is 0 Å². The van der Waals surface area contributed by atoms with E-state index in [0.29, 0.717) is 18.4 Å². The zero-order valence-electron chi connectivity index (χ0n) is 12.3. The predicted octanol–water partition coefficient (Wildman–Crippen LogP) is 2.75. The SMILES string of the molecule is CC(C)[C@H](c1ccccc1)N(C)CCCS(C)(=O)=O. The number of sulfone groups is 1. The Hall–Kier alpha value is -0.870. The summed E-state index contributed by atoms with van der Waals surface area (Å²) < 4.78 is 22.3. The molecule has 3 nitrogen and oxygen atoms in total. The van der Waals surface area contributed by atoms with Crippen LogP contribution in [0.5, 0.6) is 0 Å². The Morgan fingerprint density at radius 3 is 2.21 bits per heavy atom. The first-order chi connectivity index (χ1) is 8.81. The van der Waals surface area contributed by atoms with E-state index in [9.17, 15) is 8.42 Å². The highest BCUT2D eigenvalue weighted by molar-refractivity contribution is 7.90. The zero-order chi connectivity index (χ0) is 14.5. The summed E-state index contributed by atoms with van der Waals surface area (Å²) in [5.74, 6) is 0.752. The van der Waals surface area contributed by atoms with Gasteiger partial charge in [-0.15, -0.1) is 0 Å². The van der Waals surface area contributed by atoms with Crippen molar-refractivity contribution in [3.8, 4) is 0 Å². The first-order valence-corrected chi connectivity index (χ1v) is 8.80. The smallest absolute Gasteiger partial charge is 0.147 e. The second kappa shape index (κ2) is 7.06. The van der Waals surface area contributed by atoms with Gasteiger partial charge in [0, 0.05) is 12.3 Å². The second-order valence-electron chi connectivity index (χ2n) is 5.56. The summed E-state index contributed by atoms with van der Waals surface area (Å²) in [6, 6.07) is 10.7. The van der Waals surface area contributed by atoms with Gasteiger partial charge in [0.2, 0.25) is 0 Å². The standard InChI is InChI=1S/C15H25NO2S/c1-13(2)15(14-9-6-5-7-10-14)16(3)11-8-12-19(4,17)18/h5-7,9-10,13,15H,8,11-12H2,1-4H3/t15-/m1/s1. The molecule has 0 saturated carbocycles. The molecule has 0 aliphatic heterocycles. The maximum Gasteiger partial charge on any atom is 0.147 e.